The lowest BCUT2D eigenvalue weighted by atomic mass is 10.1. The summed E-state index contributed by atoms with van der Waals surface area (Å²) >= 11 is 0. The van der Waals surface area contributed by atoms with E-state index in [0.29, 0.717) is 12.5 Å². The molecule has 118 valence electrons. The summed E-state index contributed by atoms with van der Waals surface area (Å²) in [6.45, 7) is 11.3. The number of para-hydroxylation sites is 2. The number of carboxylic acid groups (broad SMARTS) is 1. The molecular weight excluding hydrogens is 266 g/mol. The molecule has 0 aliphatic rings. The van der Waals surface area contributed by atoms with Crippen LogP contribution in [0.15, 0.2) is 24.3 Å². The van der Waals surface area contributed by atoms with Crippen molar-refractivity contribution in [2.24, 2.45) is 11.8 Å². The highest BCUT2D eigenvalue weighted by molar-refractivity contribution is 5.71. The van der Waals surface area contributed by atoms with E-state index in [-0.39, 0.29) is 6.10 Å². The van der Waals surface area contributed by atoms with Crippen molar-refractivity contribution in [3.05, 3.63) is 24.3 Å². The van der Waals surface area contributed by atoms with Crippen LogP contribution in [0, 0.1) is 11.8 Å². The molecule has 0 aromatic heterocycles. The van der Waals surface area contributed by atoms with Gasteiger partial charge in [0.15, 0.2) is 0 Å². The molecule has 0 aliphatic carbocycles. The molecule has 0 bridgehead atoms. The number of carboxylic acids is 1. The summed E-state index contributed by atoms with van der Waals surface area (Å²) in [5.74, 6) is 0.0608. The Hall–Kier alpha value is -1.71. The molecular formula is C17H27NO3. The van der Waals surface area contributed by atoms with E-state index in [0.717, 1.165) is 18.0 Å². The molecule has 21 heavy (non-hydrogen) atoms. The molecule has 1 atom stereocenters. The Morgan fingerprint density at radius 1 is 1.14 bits per heavy atom. The van der Waals surface area contributed by atoms with Gasteiger partial charge in [0.1, 0.15) is 5.75 Å². The van der Waals surface area contributed by atoms with E-state index < -0.39 is 11.9 Å². The van der Waals surface area contributed by atoms with Crippen LogP contribution in [-0.2, 0) is 4.79 Å². The number of carbonyl (C=O) groups is 1. The summed E-state index contributed by atoms with van der Waals surface area (Å²) < 4.78 is 5.86. The molecule has 1 unspecified atom stereocenters. The normalized spacial score (nSPS) is 12.5. The summed E-state index contributed by atoms with van der Waals surface area (Å²) in [7, 11) is 0. The standard InChI is InChI=1S/C17H27NO3/c1-12(2)10-18(11-14(5)17(19)20)15-8-6-7-9-16(15)21-13(3)4/h6-9,12-14H,10-11H2,1-5H3,(H,19,20). The molecule has 0 amide bonds. The van der Waals surface area contributed by atoms with E-state index in [1.807, 2.05) is 38.1 Å². The van der Waals surface area contributed by atoms with Crippen LogP contribution in [-0.4, -0.2) is 30.3 Å². The number of rotatable bonds is 8. The highest BCUT2D eigenvalue weighted by Gasteiger charge is 2.20. The van der Waals surface area contributed by atoms with E-state index in [4.69, 9.17) is 9.84 Å². The number of anilines is 1. The average molecular weight is 293 g/mol. The predicted molar refractivity (Wildman–Crippen MR) is 86.1 cm³/mol. The first-order chi connectivity index (χ1) is 9.81. The lowest BCUT2D eigenvalue weighted by molar-refractivity contribution is -0.140. The van der Waals surface area contributed by atoms with Gasteiger partial charge >= 0.3 is 5.97 Å². The Morgan fingerprint density at radius 2 is 1.76 bits per heavy atom. The van der Waals surface area contributed by atoms with Crippen molar-refractivity contribution in [3.63, 3.8) is 0 Å². The molecule has 0 radical (unpaired) electrons. The minimum absolute atomic E-state index is 0.0870. The molecule has 4 nitrogen and oxygen atoms in total. The summed E-state index contributed by atoms with van der Waals surface area (Å²) in [4.78, 5) is 13.3. The van der Waals surface area contributed by atoms with Gasteiger partial charge in [0.05, 0.1) is 17.7 Å². The van der Waals surface area contributed by atoms with E-state index >= 15 is 0 Å². The molecule has 0 saturated heterocycles. The van der Waals surface area contributed by atoms with Crippen LogP contribution in [0.1, 0.15) is 34.6 Å². The summed E-state index contributed by atoms with van der Waals surface area (Å²) in [5, 5.41) is 9.17. The highest BCUT2D eigenvalue weighted by atomic mass is 16.5. The first kappa shape index (κ1) is 17.3. The van der Waals surface area contributed by atoms with Crippen LogP contribution in [0.2, 0.25) is 0 Å². The lowest BCUT2D eigenvalue weighted by Crippen LogP contribution is -2.35. The van der Waals surface area contributed by atoms with Crippen LogP contribution in [0.5, 0.6) is 5.75 Å². The van der Waals surface area contributed by atoms with Crippen molar-refractivity contribution < 1.29 is 14.6 Å². The molecule has 1 aromatic rings. The first-order valence-corrected chi connectivity index (χ1v) is 7.54. The Bertz CT molecular complexity index is 457. The molecule has 0 fully saturated rings. The second-order valence-electron chi connectivity index (χ2n) is 6.17. The van der Waals surface area contributed by atoms with Crippen molar-refractivity contribution in [3.8, 4) is 5.75 Å². The minimum atomic E-state index is -0.772. The largest absolute Gasteiger partial charge is 0.489 e. The quantitative estimate of drug-likeness (QED) is 0.794. The van der Waals surface area contributed by atoms with Gasteiger partial charge in [0.2, 0.25) is 0 Å². The third-order valence-electron chi connectivity index (χ3n) is 3.07. The van der Waals surface area contributed by atoms with Gasteiger partial charge < -0.3 is 14.7 Å². The SMILES string of the molecule is CC(C)CN(CC(C)C(=O)O)c1ccccc1OC(C)C. The van der Waals surface area contributed by atoms with Crippen molar-refractivity contribution in [2.45, 2.75) is 40.7 Å². The lowest BCUT2D eigenvalue weighted by Gasteiger charge is -2.30. The van der Waals surface area contributed by atoms with E-state index in [1.54, 1.807) is 6.92 Å². The van der Waals surface area contributed by atoms with Gasteiger partial charge in [-0.15, -0.1) is 0 Å². The van der Waals surface area contributed by atoms with Crippen molar-refractivity contribution in [1.82, 2.24) is 0 Å². The van der Waals surface area contributed by atoms with Crippen LogP contribution in [0.25, 0.3) is 0 Å². The Kier molecular flexibility index (Phi) is 6.53. The zero-order valence-electron chi connectivity index (χ0n) is 13.7. The topological polar surface area (TPSA) is 49.8 Å². The Labute approximate surface area is 127 Å². The Balaban J connectivity index is 3.04. The van der Waals surface area contributed by atoms with E-state index in [9.17, 15) is 4.79 Å². The molecule has 1 aromatic carbocycles. The minimum Gasteiger partial charge on any atom is -0.489 e. The Morgan fingerprint density at radius 3 is 2.29 bits per heavy atom. The maximum atomic E-state index is 11.2. The zero-order valence-corrected chi connectivity index (χ0v) is 13.7. The fourth-order valence-corrected chi connectivity index (χ4v) is 2.19. The summed E-state index contributed by atoms with van der Waals surface area (Å²) in [5.41, 5.74) is 0.966. The average Bonchev–Trinajstić information content (AvgIpc) is 2.37. The number of nitrogens with zero attached hydrogens (tertiary/aromatic N) is 1. The second-order valence-corrected chi connectivity index (χ2v) is 6.17. The third-order valence-corrected chi connectivity index (χ3v) is 3.07. The fourth-order valence-electron chi connectivity index (χ4n) is 2.19. The number of aliphatic carboxylic acids is 1. The van der Waals surface area contributed by atoms with Crippen molar-refractivity contribution >= 4 is 11.7 Å². The van der Waals surface area contributed by atoms with Crippen molar-refractivity contribution in [2.75, 3.05) is 18.0 Å². The van der Waals surface area contributed by atoms with Gasteiger partial charge in [-0.1, -0.05) is 32.9 Å². The van der Waals surface area contributed by atoms with E-state index in [1.165, 1.54) is 0 Å². The van der Waals surface area contributed by atoms with Gasteiger partial charge in [0.25, 0.3) is 0 Å². The number of hydrogen-bond acceptors (Lipinski definition) is 3. The highest BCUT2D eigenvalue weighted by Crippen LogP contribution is 2.30. The zero-order chi connectivity index (χ0) is 16.0. The fraction of sp³-hybridized carbons (Fsp3) is 0.588. The van der Waals surface area contributed by atoms with Gasteiger partial charge in [-0.3, -0.25) is 4.79 Å². The summed E-state index contributed by atoms with van der Waals surface area (Å²) in [6.07, 6.45) is 0.0870. The molecule has 1 rings (SSSR count). The van der Waals surface area contributed by atoms with E-state index in [2.05, 4.69) is 18.7 Å². The molecule has 0 aliphatic heterocycles. The number of ether oxygens (including phenoxy) is 1. The first-order valence-electron chi connectivity index (χ1n) is 7.54. The molecule has 4 heteroatoms. The number of hydrogen-bond donors (Lipinski definition) is 1. The van der Waals surface area contributed by atoms with Crippen molar-refractivity contribution in [1.29, 1.82) is 0 Å². The van der Waals surface area contributed by atoms with Gasteiger partial charge in [0, 0.05) is 13.1 Å². The van der Waals surface area contributed by atoms with Crippen LogP contribution < -0.4 is 9.64 Å². The van der Waals surface area contributed by atoms with Crippen LogP contribution in [0.4, 0.5) is 5.69 Å². The molecule has 1 N–H and O–H groups in total. The molecule has 0 heterocycles. The van der Waals surface area contributed by atoms with Crippen LogP contribution in [0.3, 0.4) is 0 Å². The third kappa shape index (κ3) is 5.66. The predicted octanol–water partition coefficient (Wildman–Crippen LogP) is 3.66. The van der Waals surface area contributed by atoms with Gasteiger partial charge in [-0.2, -0.15) is 0 Å². The summed E-state index contributed by atoms with van der Waals surface area (Å²) in [6, 6.07) is 7.83. The monoisotopic (exact) mass is 293 g/mol. The molecule has 0 saturated carbocycles. The maximum absolute atomic E-state index is 11.2. The van der Waals surface area contributed by atoms with Gasteiger partial charge in [-0.05, 0) is 31.9 Å². The van der Waals surface area contributed by atoms with Gasteiger partial charge in [-0.25, -0.2) is 0 Å². The molecule has 0 spiro atoms. The van der Waals surface area contributed by atoms with Crippen LogP contribution >= 0.6 is 0 Å². The number of benzene rings is 1. The second kappa shape index (κ2) is 7.91. The maximum Gasteiger partial charge on any atom is 0.308 e. The smallest absolute Gasteiger partial charge is 0.308 e.